The largest absolute Gasteiger partial charge is 0.395 e. The van der Waals surface area contributed by atoms with E-state index in [1.807, 2.05) is 13.8 Å². The van der Waals surface area contributed by atoms with Gasteiger partial charge in [-0.3, -0.25) is 0 Å². The van der Waals surface area contributed by atoms with Crippen LogP contribution in [0.25, 0.3) is 0 Å². The average molecular weight is 281 g/mol. The minimum absolute atomic E-state index is 0.00107. The molecule has 4 nitrogen and oxygen atoms in total. The van der Waals surface area contributed by atoms with Crippen molar-refractivity contribution >= 4 is 10.0 Å². The fourth-order valence-corrected chi connectivity index (χ4v) is 2.81. The van der Waals surface area contributed by atoms with Gasteiger partial charge in [0, 0.05) is 25.1 Å². The van der Waals surface area contributed by atoms with Crippen molar-refractivity contribution in [3.05, 3.63) is 29.8 Å². The summed E-state index contributed by atoms with van der Waals surface area (Å²) in [6.45, 7) is 3.64. The predicted octanol–water partition coefficient (Wildman–Crippen LogP) is 1.45. The fraction of sp³-hybridized carbons (Fsp3) is 0.429. The molecule has 0 unspecified atom stereocenters. The monoisotopic (exact) mass is 281 g/mol. The highest BCUT2D eigenvalue weighted by molar-refractivity contribution is 7.89. The number of hydrogen-bond acceptors (Lipinski definition) is 3. The Labute approximate surface area is 115 Å². The number of rotatable bonds is 4. The highest BCUT2D eigenvalue weighted by Crippen LogP contribution is 2.17. The molecular weight excluding hydrogens is 262 g/mol. The lowest BCUT2D eigenvalue weighted by atomic mass is 10.2. The Hall–Kier alpha value is -1.35. The first-order valence-corrected chi connectivity index (χ1v) is 7.51. The van der Waals surface area contributed by atoms with Crippen LogP contribution >= 0.6 is 0 Å². The van der Waals surface area contributed by atoms with E-state index in [1.165, 1.54) is 4.31 Å². The van der Waals surface area contributed by atoms with E-state index in [4.69, 9.17) is 5.11 Å². The Morgan fingerprint density at radius 3 is 2.63 bits per heavy atom. The Morgan fingerprint density at radius 1 is 1.37 bits per heavy atom. The van der Waals surface area contributed by atoms with Gasteiger partial charge in [-0.05, 0) is 32.0 Å². The van der Waals surface area contributed by atoms with Crippen molar-refractivity contribution in [2.45, 2.75) is 31.2 Å². The second-order valence-electron chi connectivity index (χ2n) is 4.42. The lowest BCUT2D eigenvalue weighted by Gasteiger charge is -2.20. The van der Waals surface area contributed by atoms with Crippen LogP contribution in [0.1, 0.15) is 25.8 Å². The summed E-state index contributed by atoms with van der Waals surface area (Å²) in [5.41, 5.74) is 0.631. The molecule has 0 amide bonds. The standard InChI is InChI=1S/C14H19NO3S/c1-12(2)15(3)19(17,18)14-9-6-8-13(11-14)7-4-5-10-16/h6,8-9,11-12,16H,5,10H2,1-3H3. The van der Waals surface area contributed by atoms with Crippen LogP contribution in [-0.2, 0) is 10.0 Å². The summed E-state index contributed by atoms with van der Waals surface area (Å²) >= 11 is 0. The average Bonchev–Trinajstić information content (AvgIpc) is 2.38. The third kappa shape index (κ3) is 4.06. The van der Waals surface area contributed by atoms with Gasteiger partial charge in [-0.15, -0.1) is 0 Å². The molecule has 0 aliphatic carbocycles. The molecule has 0 fully saturated rings. The summed E-state index contributed by atoms with van der Waals surface area (Å²) in [5.74, 6) is 5.61. The molecule has 1 aromatic rings. The van der Waals surface area contributed by atoms with Gasteiger partial charge in [-0.25, -0.2) is 8.42 Å². The van der Waals surface area contributed by atoms with Crippen molar-refractivity contribution in [1.82, 2.24) is 4.31 Å². The maximum Gasteiger partial charge on any atom is 0.243 e. The van der Waals surface area contributed by atoms with Gasteiger partial charge in [-0.2, -0.15) is 4.31 Å². The van der Waals surface area contributed by atoms with Crippen LogP contribution in [0.2, 0.25) is 0 Å². The minimum Gasteiger partial charge on any atom is -0.395 e. The van der Waals surface area contributed by atoms with Crippen molar-refractivity contribution in [3.8, 4) is 11.8 Å². The Kier molecular flexibility index (Phi) is 5.55. The van der Waals surface area contributed by atoms with Gasteiger partial charge in [0.1, 0.15) is 0 Å². The number of benzene rings is 1. The SMILES string of the molecule is CC(C)N(C)S(=O)(=O)c1cccc(C#CCCO)c1. The van der Waals surface area contributed by atoms with Crippen LogP contribution in [0.15, 0.2) is 29.2 Å². The van der Waals surface area contributed by atoms with Crippen LogP contribution in [-0.4, -0.2) is 37.5 Å². The van der Waals surface area contributed by atoms with Gasteiger partial charge >= 0.3 is 0 Å². The van der Waals surface area contributed by atoms with E-state index in [0.717, 1.165) is 0 Å². The van der Waals surface area contributed by atoms with Crippen LogP contribution in [0, 0.1) is 11.8 Å². The molecule has 0 saturated heterocycles. The summed E-state index contributed by atoms with van der Waals surface area (Å²) in [4.78, 5) is 0.236. The third-order valence-corrected chi connectivity index (χ3v) is 4.74. The maximum absolute atomic E-state index is 12.3. The van der Waals surface area contributed by atoms with E-state index in [2.05, 4.69) is 11.8 Å². The van der Waals surface area contributed by atoms with E-state index < -0.39 is 10.0 Å². The van der Waals surface area contributed by atoms with Crippen molar-refractivity contribution in [2.75, 3.05) is 13.7 Å². The molecule has 0 aromatic heterocycles. The van der Waals surface area contributed by atoms with E-state index in [-0.39, 0.29) is 17.5 Å². The zero-order chi connectivity index (χ0) is 14.5. The number of aliphatic hydroxyl groups excluding tert-OH is 1. The highest BCUT2D eigenvalue weighted by Gasteiger charge is 2.22. The van der Waals surface area contributed by atoms with Gasteiger partial charge in [0.05, 0.1) is 11.5 Å². The van der Waals surface area contributed by atoms with Crippen LogP contribution in [0.5, 0.6) is 0 Å². The molecule has 0 bridgehead atoms. The molecule has 0 aliphatic rings. The molecule has 1 N–H and O–H groups in total. The fourth-order valence-electron chi connectivity index (χ4n) is 1.40. The Morgan fingerprint density at radius 2 is 2.05 bits per heavy atom. The third-order valence-electron chi connectivity index (χ3n) is 2.71. The van der Waals surface area contributed by atoms with Crippen molar-refractivity contribution in [2.24, 2.45) is 0 Å². The van der Waals surface area contributed by atoms with E-state index in [1.54, 1.807) is 31.3 Å². The van der Waals surface area contributed by atoms with E-state index in [9.17, 15) is 8.42 Å². The first kappa shape index (κ1) is 15.7. The molecule has 0 atom stereocenters. The number of aliphatic hydroxyl groups is 1. The van der Waals surface area contributed by atoms with Gasteiger partial charge in [-0.1, -0.05) is 17.9 Å². The summed E-state index contributed by atoms with van der Waals surface area (Å²) in [7, 11) is -1.92. The number of nitrogens with zero attached hydrogens (tertiary/aromatic N) is 1. The molecule has 1 rings (SSSR count). The lowest BCUT2D eigenvalue weighted by Crippen LogP contribution is -2.33. The topological polar surface area (TPSA) is 57.6 Å². The van der Waals surface area contributed by atoms with Crippen LogP contribution < -0.4 is 0 Å². The van der Waals surface area contributed by atoms with E-state index >= 15 is 0 Å². The molecule has 1 aromatic carbocycles. The second-order valence-corrected chi connectivity index (χ2v) is 6.42. The zero-order valence-electron chi connectivity index (χ0n) is 11.4. The molecule has 0 radical (unpaired) electrons. The molecule has 104 valence electrons. The van der Waals surface area contributed by atoms with Gasteiger partial charge in [0.25, 0.3) is 0 Å². The normalized spacial score (nSPS) is 11.5. The van der Waals surface area contributed by atoms with Crippen LogP contribution in [0.4, 0.5) is 0 Å². The van der Waals surface area contributed by atoms with Gasteiger partial charge in [0.15, 0.2) is 0 Å². The Balaban J connectivity index is 3.10. The molecule has 5 heteroatoms. The predicted molar refractivity (Wildman–Crippen MR) is 75.1 cm³/mol. The summed E-state index contributed by atoms with van der Waals surface area (Å²) in [6.07, 6.45) is 0.378. The number of hydrogen-bond donors (Lipinski definition) is 1. The molecule has 19 heavy (non-hydrogen) atoms. The smallest absolute Gasteiger partial charge is 0.243 e. The molecule has 0 heterocycles. The summed E-state index contributed by atoms with van der Waals surface area (Å²) in [5, 5.41) is 8.66. The van der Waals surface area contributed by atoms with E-state index in [0.29, 0.717) is 12.0 Å². The maximum atomic E-state index is 12.3. The summed E-state index contributed by atoms with van der Waals surface area (Å²) in [6, 6.07) is 6.43. The van der Waals surface area contributed by atoms with Crippen molar-refractivity contribution < 1.29 is 13.5 Å². The molecular formula is C14H19NO3S. The van der Waals surface area contributed by atoms with Crippen molar-refractivity contribution in [3.63, 3.8) is 0 Å². The first-order chi connectivity index (χ1) is 8.89. The van der Waals surface area contributed by atoms with Crippen LogP contribution in [0.3, 0.4) is 0 Å². The Bertz CT molecular complexity index is 582. The molecule has 0 saturated carbocycles. The quantitative estimate of drug-likeness (QED) is 0.850. The first-order valence-electron chi connectivity index (χ1n) is 6.07. The summed E-state index contributed by atoms with van der Waals surface area (Å²) < 4.78 is 25.9. The highest BCUT2D eigenvalue weighted by atomic mass is 32.2. The van der Waals surface area contributed by atoms with Gasteiger partial charge in [0.2, 0.25) is 10.0 Å². The lowest BCUT2D eigenvalue weighted by molar-refractivity contribution is 0.305. The zero-order valence-corrected chi connectivity index (χ0v) is 12.2. The number of sulfonamides is 1. The second kappa shape index (κ2) is 6.71. The molecule has 0 aliphatic heterocycles. The van der Waals surface area contributed by atoms with Crippen molar-refractivity contribution in [1.29, 1.82) is 0 Å². The molecule has 0 spiro atoms. The minimum atomic E-state index is -3.48. The van der Waals surface area contributed by atoms with Gasteiger partial charge < -0.3 is 5.11 Å².